The van der Waals surface area contributed by atoms with Gasteiger partial charge in [0, 0.05) is 17.5 Å². The minimum absolute atomic E-state index is 0.119. The van der Waals surface area contributed by atoms with Crippen molar-refractivity contribution in [3.8, 4) is 0 Å². The first kappa shape index (κ1) is 22.5. The summed E-state index contributed by atoms with van der Waals surface area (Å²) in [5, 5.41) is 31.3. The maximum absolute atomic E-state index is 11.7. The zero-order chi connectivity index (χ0) is 20.0. The molecule has 2 atom stereocenters. The first-order valence-electron chi connectivity index (χ1n) is 9.23. The number of unbranched alkanes of at least 4 members (excludes halogenated alkanes) is 1. The molecule has 1 aromatic carbocycles. The summed E-state index contributed by atoms with van der Waals surface area (Å²) in [5.74, 6) is -1.12. The average molecular weight is 417 g/mol. The molecule has 1 saturated carbocycles. The SMILES string of the molecule is NC(CCCCB(O)O)(C(=O)O)C1CC(NC(Cl)Cc2ccc(Cl)cc2)C1. The summed E-state index contributed by atoms with van der Waals surface area (Å²) in [7, 11) is -1.36. The van der Waals surface area contributed by atoms with E-state index >= 15 is 0 Å². The van der Waals surface area contributed by atoms with E-state index in [1.54, 1.807) is 0 Å². The minimum Gasteiger partial charge on any atom is -0.480 e. The molecule has 2 unspecified atom stereocenters. The van der Waals surface area contributed by atoms with Crippen LogP contribution in [-0.4, -0.2) is 45.3 Å². The molecule has 0 aliphatic heterocycles. The highest BCUT2D eigenvalue weighted by molar-refractivity contribution is 6.40. The number of alkyl halides is 1. The van der Waals surface area contributed by atoms with Gasteiger partial charge in [-0.25, -0.2) is 0 Å². The van der Waals surface area contributed by atoms with Gasteiger partial charge in [0.2, 0.25) is 0 Å². The Morgan fingerprint density at radius 1 is 1.30 bits per heavy atom. The molecule has 1 aromatic rings. The molecule has 1 aliphatic rings. The van der Waals surface area contributed by atoms with Crippen molar-refractivity contribution in [3.63, 3.8) is 0 Å². The number of halogens is 2. The van der Waals surface area contributed by atoms with Crippen molar-refractivity contribution in [2.45, 2.75) is 61.9 Å². The predicted molar refractivity (Wildman–Crippen MR) is 108 cm³/mol. The fourth-order valence-electron chi connectivity index (χ4n) is 3.55. The maximum Gasteiger partial charge on any atom is 0.451 e. The lowest BCUT2D eigenvalue weighted by atomic mass is 9.66. The molecular weight excluding hydrogens is 390 g/mol. The number of carbonyl (C=O) groups is 1. The topological polar surface area (TPSA) is 116 Å². The molecule has 0 spiro atoms. The van der Waals surface area contributed by atoms with Crippen LogP contribution in [0.3, 0.4) is 0 Å². The van der Waals surface area contributed by atoms with Gasteiger partial charge in [-0.05, 0) is 49.2 Å². The molecule has 0 bridgehead atoms. The van der Waals surface area contributed by atoms with Crippen LogP contribution in [0, 0.1) is 5.92 Å². The molecule has 150 valence electrons. The Bertz CT molecular complexity index is 614. The van der Waals surface area contributed by atoms with E-state index in [0.29, 0.717) is 43.5 Å². The van der Waals surface area contributed by atoms with Gasteiger partial charge in [-0.1, -0.05) is 36.6 Å². The quantitative estimate of drug-likeness (QED) is 0.163. The first-order chi connectivity index (χ1) is 12.7. The zero-order valence-electron chi connectivity index (χ0n) is 15.2. The van der Waals surface area contributed by atoms with Crippen LogP contribution in [0.1, 0.15) is 37.7 Å². The monoisotopic (exact) mass is 416 g/mol. The van der Waals surface area contributed by atoms with Crippen molar-refractivity contribution < 1.29 is 19.9 Å². The molecule has 2 rings (SSSR count). The van der Waals surface area contributed by atoms with E-state index in [0.717, 1.165) is 5.56 Å². The third kappa shape index (κ3) is 6.63. The van der Waals surface area contributed by atoms with Crippen LogP contribution in [0.4, 0.5) is 0 Å². The molecule has 1 fully saturated rings. The second-order valence-electron chi connectivity index (χ2n) is 7.40. The molecule has 0 amide bonds. The summed E-state index contributed by atoms with van der Waals surface area (Å²) >= 11 is 12.3. The summed E-state index contributed by atoms with van der Waals surface area (Å²) in [6.45, 7) is 0. The van der Waals surface area contributed by atoms with Gasteiger partial charge in [0.15, 0.2) is 0 Å². The third-order valence-corrected chi connectivity index (χ3v) is 5.84. The number of nitrogens with one attached hydrogen (secondary N) is 1. The minimum atomic E-state index is -1.36. The van der Waals surface area contributed by atoms with Crippen LogP contribution in [-0.2, 0) is 11.2 Å². The Morgan fingerprint density at radius 2 is 1.93 bits per heavy atom. The van der Waals surface area contributed by atoms with Crippen LogP contribution in [0.2, 0.25) is 11.3 Å². The standard InChI is InChI=1S/C18H27BCl2N2O4/c20-14-5-3-12(4-6-14)9-16(21)23-15-10-13(11-15)18(22,17(24)25)7-1-2-8-19(26)27/h3-6,13,15-16,23,26-27H,1-2,7-11,22H2,(H,24,25). The molecule has 0 radical (unpaired) electrons. The van der Waals surface area contributed by atoms with Gasteiger partial charge < -0.3 is 20.9 Å². The van der Waals surface area contributed by atoms with E-state index in [1.807, 2.05) is 24.3 Å². The first-order valence-corrected chi connectivity index (χ1v) is 10.0. The van der Waals surface area contributed by atoms with Crippen molar-refractivity contribution in [1.29, 1.82) is 0 Å². The summed E-state index contributed by atoms with van der Waals surface area (Å²) in [6.07, 6.45) is 3.60. The lowest BCUT2D eigenvalue weighted by Gasteiger charge is -2.45. The zero-order valence-corrected chi connectivity index (χ0v) is 16.7. The number of carboxylic acid groups (broad SMARTS) is 1. The molecule has 0 aromatic heterocycles. The molecule has 0 saturated heterocycles. The van der Waals surface area contributed by atoms with E-state index in [9.17, 15) is 9.90 Å². The highest BCUT2D eigenvalue weighted by Crippen LogP contribution is 2.38. The Balaban J connectivity index is 1.77. The van der Waals surface area contributed by atoms with Crippen molar-refractivity contribution in [3.05, 3.63) is 34.9 Å². The van der Waals surface area contributed by atoms with Gasteiger partial charge in [0.25, 0.3) is 0 Å². The molecule has 27 heavy (non-hydrogen) atoms. The molecule has 0 heterocycles. The van der Waals surface area contributed by atoms with E-state index in [2.05, 4.69) is 5.32 Å². The molecule has 6 N–H and O–H groups in total. The van der Waals surface area contributed by atoms with Gasteiger partial charge in [-0.3, -0.25) is 10.1 Å². The summed E-state index contributed by atoms with van der Waals surface area (Å²) in [6, 6.07) is 7.66. The predicted octanol–water partition coefficient (Wildman–Crippen LogP) is 2.24. The molecule has 1 aliphatic carbocycles. The second-order valence-corrected chi connectivity index (χ2v) is 8.37. The van der Waals surface area contributed by atoms with E-state index in [-0.39, 0.29) is 23.8 Å². The number of rotatable bonds is 11. The maximum atomic E-state index is 11.7. The van der Waals surface area contributed by atoms with Crippen LogP contribution in [0.25, 0.3) is 0 Å². The van der Waals surface area contributed by atoms with Crippen molar-refractivity contribution in [2.75, 3.05) is 0 Å². The van der Waals surface area contributed by atoms with Gasteiger partial charge in [0.1, 0.15) is 5.54 Å². The van der Waals surface area contributed by atoms with Crippen LogP contribution in [0.15, 0.2) is 24.3 Å². The van der Waals surface area contributed by atoms with E-state index < -0.39 is 18.6 Å². The number of carboxylic acids is 1. The lowest BCUT2D eigenvalue weighted by Crippen LogP contribution is -2.61. The molecule has 9 heteroatoms. The van der Waals surface area contributed by atoms with Gasteiger partial charge in [0.05, 0.1) is 5.50 Å². The Hall–Kier alpha value is -0.825. The lowest BCUT2D eigenvalue weighted by molar-refractivity contribution is -0.148. The van der Waals surface area contributed by atoms with Gasteiger partial charge >= 0.3 is 13.1 Å². The molecular formula is C18H27BCl2N2O4. The number of nitrogens with two attached hydrogens (primary N) is 1. The average Bonchev–Trinajstić information content (AvgIpc) is 2.56. The van der Waals surface area contributed by atoms with Crippen LogP contribution < -0.4 is 11.1 Å². The Labute approximate surface area is 170 Å². The summed E-state index contributed by atoms with van der Waals surface area (Å²) in [5.41, 5.74) is 5.74. The van der Waals surface area contributed by atoms with Crippen LogP contribution >= 0.6 is 23.2 Å². The largest absolute Gasteiger partial charge is 0.480 e. The van der Waals surface area contributed by atoms with Crippen molar-refractivity contribution in [2.24, 2.45) is 11.7 Å². The second kappa shape index (κ2) is 10.1. The van der Waals surface area contributed by atoms with E-state index in [4.69, 9.17) is 39.0 Å². The molecule has 6 nitrogen and oxygen atoms in total. The van der Waals surface area contributed by atoms with Gasteiger partial charge in [-0.15, -0.1) is 11.6 Å². The smallest absolute Gasteiger partial charge is 0.451 e. The number of hydrogen-bond donors (Lipinski definition) is 5. The Morgan fingerprint density at radius 3 is 2.48 bits per heavy atom. The highest BCUT2D eigenvalue weighted by atomic mass is 35.5. The number of hydrogen-bond acceptors (Lipinski definition) is 5. The fraction of sp³-hybridized carbons (Fsp3) is 0.611. The summed E-state index contributed by atoms with van der Waals surface area (Å²) < 4.78 is 0. The van der Waals surface area contributed by atoms with Crippen molar-refractivity contribution >= 4 is 36.3 Å². The van der Waals surface area contributed by atoms with Crippen LogP contribution in [0.5, 0.6) is 0 Å². The number of benzene rings is 1. The van der Waals surface area contributed by atoms with E-state index in [1.165, 1.54) is 0 Å². The summed E-state index contributed by atoms with van der Waals surface area (Å²) in [4.78, 5) is 11.7. The number of aliphatic carboxylic acids is 1. The highest BCUT2D eigenvalue weighted by Gasteiger charge is 2.48. The fourth-order valence-corrected chi connectivity index (χ4v) is 4.03. The third-order valence-electron chi connectivity index (χ3n) is 5.31. The normalized spacial score (nSPS) is 22.6. The van der Waals surface area contributed by atoms with Crippen molar-refractivity contribution in [1.82, 2.24) is 5.32 Å². The Kier molecular flexibility index (Phi) is 8.40. The van der Waals surface area contributed by atoms with Gasteiger partial charge in [-0.2, -0.15) is 0 Å².